The smallest absolute Gasteiger partial charge is 0.335 e. The maximum Gasteiger partial charge on any atom is 0.335 e. The monoisotopic (exact) mass is 674 g/mol. The Hall–Kier alpha value is -3.18. The summed E-state index contributed by atoms with van der Waals surface area (Å²) in [5.74, 6) is -0.487. The number of hydrogen-bond acceptors (Lipinski definition) is 5. The van der Waals surface area contributed by atoms with Gasteiger partial charge in [-0.1, -0.05) is 47.1 Å². The first kappa shape index (κ1) is 26.9. The zero-order valence-electron chi connectivity index (χ0n) is 20.2. The van der Waals surface area contributed by atoms with Crippen molar-refractivity contribution < 1.29 is 23.9 Å². The number of rotatable bonds is 8. The summed E-state index contributed by atoms with van der Waals surface area (Å²) in [4.78, 5) is 39.4. The largest absolute Gasteiger partial charge is 0.490 e. The second-order valence-electron chi connectivity index (χ2n) is 8.15. The molecule has 0 atom stereocenters. The summed E-state index contributed by atoms with van der Waals surface area (Å²) in [6, 6.07) is 17.7. The van der Waals surface area contributed by atoms with E-state index in [4.69, 9.17) is 9.47 Å². The van der Waals surface area contributed by atoms with Gasteiger partial charge in [0.2, 0.25) is 0 Å². The van der Waals surface area contributed by atoms with E-state index in [0.29, 0.717) is 40.4 Å². The molecule has 1 N–H and O–H groups in total. The van der Waals surface area contributed by atoms with Gasteiger partial charge < -0.3 is 9.47 Å². The van der Waals surface area contributed by atoms with Gasteiger partial charge in [0.1, 0.15) is 12.2 Å². The van der Waals surface area contributed by atoms with E-state index in [1.54, 1.807) is 24.3 Å². The Morgan fingerprint density at radius 3 is 2.22 bits per heavy atom. The fourth-order valence-corrected chi connectivity index (χ4v) is 4.51. The van der Waals surface area contributed by atoms with E-state index < -0.39 is 17.8 Å². The summed E-state index contributed by atoms with van der Waals surface area (Å²) >= 11 is 5.77. The Labute approximate surface area is 237 Å². The number of carbonyl (C=O) groups is 3. The van der Waals surface area contributed by atoms with Crippen LogP contribution in [0.25, 0.3) is 6.08 Å². The number of carbonyl (C=O) groups excluding carboxylic acids is 3. The van der Waals surface area contributed by atoms with Crippen LogP contribution in [-0.4, -0.2) is 24.5 Å². The van der Waals surface area contributed by atoms with E-state index in [9.17, 15) is 14.4 Å². The highest BCUT2D eigenvalue weighted by molar-refractivity contribution is 14.1. The van der Waals surface area contributed by atoms with Crippen LogP contribution in [0.1, 0.15) is 30.5 Å². The van der Waals surface area contributed by atoms with E-state index in [1.165, 1.54) is 6.08 Å². The van der Waals surface area contributed by atoms with Crippen molar-refractivity contribution >= 4 is 68.1 Å². The van der Waals surface area contributed by atoms with Crippen LogP contribution in [0.2, 0.25) is 0 Å². The number of halogens is 2. The number of hydrogen-bond donors (Lipinski definition) is 1. The quantitative estimate of drug-likeness (QED) is 0.173. The molecule has 0 spiro atoms. The van der Waals surface area contributed by atoms with Gasteiger partial charge in [0.15, 0.2) is 11.5 Å². The molecule has 4 rings (SSSR count). The molecule has 0 saturated carbocycles. The van der Waals surface area contributed by atoms with Gasteiger partial charge in [0.25, 0.3) is 11.8 Å². The van der Waals surface area contributed by atoms with Gasteiger partial charge in [-0.3, -0.25) is 14.9 Å². The van der Waals surface area contributed by atoms with Crippen molar-refractivity contribution in [2.24, 2.45) is 0 Å². The Bertz CT molecular complexity index is 1370. The van der Waals surface area contributed by atoms with Crippen molar-refractivity contribution in [3.05, 3.63) is 91.0 Å². The maximum atomic E-state index is 13.3. The average Bonchev–Trinajstić information content (AvgIpc) is 2.88. The predicted molar refractivity (Wildman–Crippen MR) is 154 cm³/mol. The summed E-state index contributed by atoms with van der Waals surface area (Å²) in [5, 5.41) is 2.26. The van der Waals surface area contributed by atoms with Crippen LogP contribution < -0.4 is 19.7 Å². The third kappa shape index (κ3) is 6.22. The molecule has 3 aromatic rings. The van der Waals surface area contributed by atoms with E-state index in [2.05, 4.69) is 43.8 Å². The number of amides is 4. The van der Waals surface area contributed by atoms with Crippen molar-refractivity contribution in [2.45, 2.75) is 26.9 Å². The summed E-state index contributed by atoms with van der Waals surface area (Å²) in [7, 11) is 0. The second kappa shape index (κ2) is 11.9. The van der Waals surface area contributed by atoms with Crippen LogP contribution in [-0.2, 0) is 22.6 Å². The molecule has 1 fully saturated rings. The van der Waals surface area contributed by atoms with Crippen molar-refractivity contribution in [2.75, 3.05) is 11.5 Å². The summed E-state index contributed by atoms with van der Waals surface area (Å²) in [6.07, 6.45) is 2.26. The summed E-state index contributed by atoms with van der Waals surface area (Å²) in [6.45, 7) is 4.61. The molecule has 0 unspecified atom stereocenters. The Morgan fingerprint density at radius 2 is 1.57 bits per heavy atom. The number of nitrogens with one attached hydrogen (secondary N) is 1. The summed E-state index contributed by atoms with van der Waals surface area (Å²) < 4.78 is 13.5. The number of ether oxygens (including phenoxy) is 2. The molecule has 190 valence electrons. The highest BCUT2D eigenvalue weighted by Crippen LogP contribution is 2.36. The van der Waals surface area contributed by atoms with E-state index in [1.807, 2.05) is 50.2 Å². The molecule has 1 saturated heterocycles. The molecular formula is C28H24BrIN2O5. The number of imide groups is 2. The Kier molecular flexibility index (Phi) is 8.65. The van der Waals surface area contributed by atoms with E-state index in [-0.39, 0.29) is 5.57 Å². The molecule has 7 nitrogen and oxygen atoms in total. The minimum Gasteiger partial charge on any atom is -0.490 e. The zero-order chi connectivity index (χ0) is 26.5. The highest BCUT2D eigenvalue weighted by atomic mass is 127. The third-order valence-electron chi connectivity index (χ3n) is 5.67. The lowest BCUT2D eigenvalue weighted by atomic mass is 10.1. The number of anilines is 1. The zero-order valence-corrected chi connectivity index (χ0v) is 24.0. The van der Waals surface area contributed by atoms with E-state index >= 15 is 0 Å². The first-order valence-electron chi connectivity index (χ1n) is 11.6. The first-order valence-corrected chi connectivity index (χ1v) is 13.5. The third-order valence-corrected chi connectivity index (χ3v) is 7.08. The lowest BCUT2D eigenvalue weighted by Gasteiger charge is -2.26. The Balaban J connectivity index is 1.64. The molecule has 0 aromatic heterocycles. The SMILES string of the molecule is CCOc1cc(/C=C2/C(=O)NC(=O)N(c3ccc(CC)cc3)C2=O)c(Br)cc1OCc1ccc(I)cc1. The molecule has 1 aliphatic heterocycles. The van der Waals surface area contributed by atoms with Crippen molar-refractivity contribution in [3.8, 4) is 11.5 Å². The normalized spacial score (nSPS) is 14.6. The standard InChI is InChI=1S/C28H24BrIN2O5/c1-3-17-7-11-21(12-8-17)32-27(34)22(26(33)31-28(32)35)13-19-14-24(36-4-2)25(15-23(19)29)37-16-18-5-9-20(30)10-6-18/h5-15H,3-4,16H2,1-2H3,(H,31,33,35)/b22-13-. The topological polar surface area (TPSA) is 84.9 Å². The van der Waals surface area contributed by atoms with Crippen molar-refractivity contribution in [1.29, 1.82) is 0 Å². The van der Waals surface area contributed by atoms with Crippen LogP contribution in [0.3, 0.4) is 0 Å². The number of benzene rings is 3. The molecule has 1 aliphatic rings. The fraction of sp³-hybridized carbons (Fsp3) is 0.179. The molecule has 37 heavy (non-hydrogen) atoms. The Morgan fingerprint density at radius 1 is 0.919 bits per heavy atom. The number of nitrogens with zero attached hydrogens (tertiary/aromatic N) is 1. The molecule has 9 heteroatoms. The van der Waals surface area contributed by atoms with Gasteiger partial charge in [-0.15, -0.1) is 0 Å². The van der Waals surface area contributed by atoms with Crippen molar-refractivity contribution in [1.82, 2.24) is 5.32 Å². The average molecular weight is 675 g/mol. The molecule has 0 aliphatic carbocycles. The highest BCUT2D eigenvalue weighted by Gasteiger charge is 2.37. The predicted octanol–water partition coefficient (Wildman–Crippen LogP) is 6.26. The number of barbiturate groups is 1. The van der Waals surface area contributed by atoms with Crippen LogP contribution in [0.15, 0.2) is 70.7 Å². The molecule has 3 aromatic carbocycles. The van der Waals surface area contributed by atoms with Gasteiger partial charge in [-0.2, -0.15) is 0 Å². The first-order chi connectivity index (χ1) is 17.8. The fourth-order valence-electron chi connectivity index (χ4n) is 3.71. The van der Waals surface area contributed by atoms with Gasteiger partial charge in [-0.25, -0.2) is 9.69 Å². The summed E-state index contributed by atoms with van der Waals surface area (Å²) in [5.41, 5.74) is 2.81. The molecule has 0 bridgehead atoms. The van der Waals surface area contributed by atoms with Gasteiger partial charge in [-0.05, 0) is 95.1 Å². The molecule has 1 heterocycles. The van der Waals surface area contributed by atoms with Gasteiger partial charge in [0.05, 0.1) is 12.3 Å². The number of aryl methyl sites for hydroxylation is 1. The molecule has 4 amide bonds. The van der Waals surface area contributed by atoms with Crippen LogP contribution in [0.4, 0.5) is 10.5 Å². The van der Waals surface area contributed by atoms with Crippen LogP contribution in [0, 0.1) is 3.57 Å². The second-order valence-corrected chi connectivity index (χ2v) is 10.2. The number of urea groups is 1. The lowest BCUT2D eigenvalue weighted by Crippen LogP contribution is -2.54. The molecule has 0 radical (unpaired) electrons. The lowest BCUT2D eigenvalue weighted by molar-refractivity contribution is -0.122. The van der Waals surface area contributed by atoms with Crippen molar-refractivity contribution in [3.63, 3.8) is 0 Å². The van der Waals surface area contributed by atoms with Gasteiger partial charge >= 0.3 is 6.03 Å². The van der Waals surface area contributed by atoms with Gasteiger partial charge in [0, 0.05) is 8.04 Å². The minimum absolute atomic E-state index is 0.171. The molecular weight excluding hydrogens is 651 g/mol. The van der Waals surface area contributed by atoms with E-state index in [0.717, 1.165) is 26.0 Å². The minimum atomic E-state index is -0.787. The maximum absolute atomic E-state index is 13.3. The van der Waals surface area contributed by atoms with Crippen LogP contribution in [0.5, 0.6) is 11.5 Å². The van der Waals surface area contributed by atoms with Crippen LogP contribution >= 0.6 is 38.5 Å².